The first-order chi connectivity index (χ1) is 6.45. The molecule has 2 nitrogen and oxygen atoms in total. The van der Waals surface area contributed by atoms with Crippen LogP contribution in [0, 0.1) is 0 Å². The average Bonchev–Trinajstić information content (AvgIpc) is 3.00. The Hall–Kier alpha value is -1.41. The molecule has 1 aliphatic heterocycles. The number of ether oxygens (including phenoxy) is 1. The van der Waals surface area contributed by atoms with Gasteiger partial charge in [-0.1, -0.05) is 18.2 Å². The molecule has 0 saturated carbocycles. The molecule has 1 fully saturated rings. The first-order valence-corrected chi connectivity index (χ1v) is 4.39. The van der Waals surface area contributed by atoms with Crippen LogP contribution in [-0.4, -0.2) is 11.6 Å². The zero-order valence-electron chi connectivity index (χ0n) is 7.10. The molecule has 2 heteroatoms. The standard InChI is InChI=1S/C11H9NO/c1-2-8-6-12-5-4-9(8)10(3-1)11-7-13-11/h1-6,11H,7H2/t11-/m0/s1. The van der Waals surface area contributed by atoms with Crippen molar-refractivity contribution in [2.75, 3.05) is 6.61 Å². The second-order valence-corrected chi connectivity index (χ2v) is 3.27. The van der Waals surface area contributed by atoms with Crippen LogP contribution in [0.15, 0.2) is 36.7 Å². The van der Waals surface area contributed by atoms with Gasteiger partial charge in [0.25, 0.3) is 0 Å². The van der Waals surface area contributed by atoms with Crippen molar-refractivity contribution >= 4 is 10.8 Å². The molecule has 0 bridgehead atoms. The number of aromatic nitrogens is 1. The summed E-state index contributed by atoms with van der Waals surface area (Å²) in [6.07, 6.45) is 4.04. The van der Waals surface area contributed by atoms with Gasteiger partial charge in [0.2, 0.25) is 0 Å². The molecule has 0 radical (unpaired) electrons. The van der Waals surface area contributed by atoms with E-state index in [2.05, 4.69) is 23.2 Å². The number of epoxide rings is 1. The molecule has 13 heavy (non-hydrogen) atoms. The fourth-order valence-electron chi connectivity index (χ4n) is 1.66. The van der Waals surface area contributed by atoms with Crippen molar-refractivity contribution in [2.45, 2.75) is 6.10 Å². The van der Waals surface area contributed by atoms with Crippen molar-refractivity contribution < 1.29 is 4.74 Å². The minimum Gasteiger partial charge on any atom is -0.368 e. The van der Waals surface area contributed by atoms with E-state index in [0.29, 0.717) is 6.10 Å². The van der Waals surface area contributed by atoms with Gasteiger partial charge in [-0.25, -0.2) is 0 Å². The van der Waals surface area contributed by atoms with Crippen LogP contribution in [0.1, 0.15) is 11.7 Å². The predicted molar refractivity (Wildman–Crippen MR) is 50.4 cm³/mol. The maximum absolute atomic E-state index is 5.28. The third-order valence-corrected chi connectivity index (χ3v) is 2.39. The summed E-state index contributed by atoms with van der Waals surface area (Å²) >= 11 is 0. The lowest BCUT2D eigenvalue weighted by Crippen LogP contribution is -1.84. The lowest BCUT2D eigenvalue weighted by Gasteiger charge is -2.01. The Morgan fingerprint density at radius 2 is 2.23 bits per heavy atom. The van der Waals surface area contributed by atoms with Gasteiger partial charge in [-0.3, -0.25) is 4.98 Å². The van der Waals surface area contributed by atoms with E-state index in [1.165, 1.54) is 16.3 Å². The van der Waals surface area contributed by atoms with E-state index in [0.717, 1.165) is 6.61 Å². The molecule has 64 valence electrons. The maximum Gasteiger partial charge on any atom is 0.107 e. The van der Waals surface area contributed by atoms with Crippen LogP contribution < -0.4 is 0 Å². The highest BCUT2D eigenvalue weighted by Crippen LogP contribution is 2.34. The summed E-state index contributed by atoms with van der Waals surface area (Å²) in [5, 5.41) is 2.45. The molecule has 0 spiro atoms. The van der Waals surface area contributed by atoms with Gasteiger partial charge in [0, 0.05) is 17.8 Å². The van der Waals surface area contributed by atoms with Crippen LogP contribution in [0.4, 0.5) is 0 Å². The molecule has 1 atom stereocenters. The highest BCUT2D eigenvalue weighted by atomic mass is 16.6. The molecule has 2 aromatic rings. The second-order valence-electron chi connectivity index (χ2n) is 3.27. The summed E-state index contributed by atoms with van der Waals surface area (Å²) in [6, 6.07) is 8.31. The fraction of sp³-hybridized carbons (Fsp3) is 0.182. The van der Waals surface area contributed by atoms with E-state index < -0.39 is 0 Å². The van der Waals surface area contributed by atoms with Crippen LogP contribution >= 0.6 is 0 Å². The minimum atomic E-state index is 0.325. The van der Waals surface area contributed by atoms with E-state index in [-0.39, 0.29) is 0 Å². The van der Waals surface area contributed by atoms with Gasteiger partial charge >= 0.3 is 0 Å². The van der Waals surface area contributed by atoms with Crippen molar-refractivity contribution in [3.8, 4) is 0 Å². The monoisotopic (exact) mass is 171 g/mol. The highest BCUT2D eigenvalue weighted by Gasteiger charge is 2.26. The van der Waals surface area contributed by atoms with Crippen LogP contribution in [0.5, 0.6) is 0 Å². The first kappa shape index (κ1) is 7.04. The predicted octanol–water partition coefficient (Wildman–Crippen LogP) is 2.31. The van der Waals surface area contributed by atoms with Crippen LogP contribution in [0.25, 0.3) is 10.8 Å². The third kappa shape index (κ3) is 1.11. The second kappa shape index (κ2) is 2.54. The Kier molecular flexibility index (Phi) is 1.37. The fourth-order valence-corrected chi connectivity index (χ4v) is 1.66. The van der Waals surface area contributed by atoms with Gasteiger partial charge in [-0.2, -0.15) is 0 Å². The molecule has 1 aliphatic rings. The quantitative estimate of drug-likeness (QED) is 0.615. The minimum absolute atomic E-state index is 0.325. The number of hydrogen-bond acceptors (Lipinski definition) is 2. The normalized spacial score (nSPS) is 20.5. The van der Waals surface area contributed by atoms with Gasteiger partial charge in [0.1, 0.15) is 6.10 Å². The summed E-state index contributed by atoms with van der Waals surface area (Å²) in [7, 11) is 0. The average molecular weight is 171 g/mol. The molecular formula is C11H9NO. The van der Waals surface area contributed by atoms with Gasteiger partial charge in [-0.05, 0) is 17.0 Å². The van der Waals surface area contributed by atoms with Gasteiger partial charge < -0.3 is 4.74 Å². The molecule has 2 heterocycles. The van der Waals surface area contributed by atoms with Crippen molar-refractivity contribution in [1.29, 1.82) is 0 Å². The van der Waals surface area contributed by atoms with Crippen LogP contribution in [-0.2, 0) is 4.74 Å². The Morgan fingerprint density at radius 1 is 1.31 bits per heavy atom. The molecule has 1 saturated heterocycles. The van der Waals surface area contributed by atoms with Gasteiger partial charge in [0.05, 0.1) is 6.61 Å². The van der Waals surface area contributed by atoms with Gasteiger partial charge in [0.15, 0.2) is 0 Å². The number of pyridine rings is 1. The molecule has 3 rings (SSSR count). The summed E-state index contributed by atoms with van der Waals surface area (Å²) in [4.78, 5) is 4.09. The topological polar surface area (TPSA) is 25.4 Å². The number of hydrogen-bond donors (Lipinski definition) is 0. The maximum atomic E-state index is 5.28. The van der Waals surface area contributed by atoms with Crippen LogP contribution in [0.3, 0.4) is 0 Å². The summed E-state index contributed by atoms with van der Waals surface area (Å²) < 4.78 is 5.28. The van der Waals surface area contributed by atoms with Crippen LogP contribution in [0.2, 0.25) is 0 Å². The molecule has 0 N–H and O–H groups in total. The zero-order valence-corrected chi connectivity index (χ0v) is 7.10. The number of rotatable bonds is 1. The van der Waals surface area contributed by atoms with Crippen molar-refractivity contribution in [1.82, 2.24) is 4.98 Å². The summed E-state index contributed by atoms with van der Waals surface area (Å²) in [5.74, 6) is 0. The van der Waals surface area contributed by atoms with Crippen molar-refractivity contribution in [3.63, 3.8) is 0 Å². The smallest absolute Gasteiger partial charge is 0.107 e. The number of nitrogens with zero attached hydrogens (tertiary/aromatic N) is 1. The van der Waals surface area contributed by atoms with E-state index in [4.69, 9.17) is 4.74 Å². The number of benzene rings is 1. The molecule has 1 aromatic carbocycles. The molecule has 0 amide bonds. The molecule has 1 aromatic heterocycles. The van der Waals surface area contributed by atoms with Crippen molar-refractivity contribution in [3.05, 3.63) is 42.2 Å². The van der Waals surface area contributed by atoms with Gasteiger partial charge in [-0.15, -0.1) is 0 Å². The Morgan fingerprint density at radius 3 is 3.08 bits per heavy atom. The highest BCUT2D eigenvalue weighted by molar-refractivity contribution is 5.85. The SMILES string of the molecule is c1cc([C@@H]2CO2)c2ccncc2c1. The third-order valence-electron chi connectivity index (χ3n) is 2.39. The lowest BCUT2D eigenvalue weighted by atomic mass is 10.0. The summed E-state index contributed by atoms with van der Waals surface area (Å²) in [6.45, 7) is 0.863. The van der Waals surface area contributed by atoms with E-state index in [9.17, 15) is 0 Å². The Balaban J connectivity index is 2.32. The molecule has 0 unspecified atom stereocenters. The van der Waals surface area contributed by atoms with E-state index in [1.54, 1.807) is 0 Å². The first-order valence-electron chi connectivity index (χ1n) is 4.39. The number of fused-ring (bicyclic) bond motifs is 1. The zero-order chi connectivity index (χ0) is 8.67. The molecule has 0 aliphatic carbocycles. The Labute approximate surface area is 76.2 Å². The van der Waals surface area contributed by atoms with E-state index >= 15 is 0 Å². The largest absolute Gasteiger partial charge is 0.368 e. The lowest BCUT2D eigenvalue weighted by molar-refractivity contribution is 0.417. The van der Waals surface area contributed by atoms with Crippen molar-refractivity contribution in [2.24, 2.45) is 0 Å². The summed E-state index contributed by atoms with van der Waals surface area (Å²) in [5.41, 5.74) is 1.29. The Bertz CT molecular complexity index is 443. The van der Waals surface area contributed by atoms with E-state index in [1.807, 2.05) is 18.5 Å². The molecular weight excluding hydrogens is 162 g/mol.